The smallest absolute Gasteiger partial charge is 0.339 e. The summed E-state index contributed by atoms with van der Waals surface area (Å²) < 4.78 is 18.2. The fourth-order valence-corrected chi connectivity index (χ4v) is 4.41. The second-order valence-corrected chi connectivity index (χ2v) is 8.67. The van der Waals surface area contributed by atoms with Gasteiger partial charge in [0.2, 0.25) is 0 Å². The van der Waals surface area contributed by atoms with E-state index < -0.39 is 43.3 Å². The molecule has 5 atom stereocenters. The SMILES string of the molecule is COC(=O)c1ccccc1-n1cc(O[C@@H]2[C@@H](O)[C@@H](O)[C@@H](CO)O[C@H]2O)c2c(Cl)c(Br)ccc21. The first-order chi connectivity index (χ1) is 15.8. The lowest BCUT2D eigenvalue weighted by Crippen LogP contribution is -2.60. The maximum absolute atomic E-state index is 12.3. The van der Waals surface area contributed by atoms with Gasteiger partial charge < -0.3 is 39.2 Å². The first kappa shape index (κ1) is 24.0. The summed E-state index contributed by atoms with van der Waals surface area (Å²) in [5.41, 5.74) is 1.36. The van der Waals surface area contributed by atoms with Crippen LogP contribution in [0.1, 0.15) is 10.4 Å². The number of aliphatic hydroxyl groups is 4. The zero-order valence-corrected chi connectivity index (χ0v) is 19.6. The predicted octanol–water partition coefficient (Wildman–Crippen LogP) is 2.01. The van der Waals surface area contributed by atoms with Gasteiger partial charge >= 0.3 is 5.97 Å². The first-order valence-electron chi connectivity index (χ1n) is 9.92. The van der Waals surface area contributed by atoms with E-state index in [1.807, 2.05) is 0 Å². The number of aromatic nitrogens is 1. The summed E-state index contributed by atoms with van der Waals surface area (Å²) in [5, 5.41) is 41.1. The molecule has 1 aromatic heterocycles. The second kappa shape index (κ2) is 9.59. The van der Waals surface area contributed by atoms with Gasteiger partial charge in [-0.05, 0) is 40.2 Å². The zero-order chi connectivity index (χ0) is 23.9. The minimum Gasteiger partial charge on any atom is -0.480 e. The van der Waals surface area contributed by atoms with Crippen LogP contribution in [0.5, 0.6) is 5.75 Å². The summed E-state index contributed by atoms with van der Waals surface area (Å²) >= 11 is 9.93. The molecule has 0 amide bonds. The van der Waals surface area contributed by atoms with E-state index in [2.05, 4.69) is 15.9 Å². The van der Waals surface area contributed by atoms with E-state index in [0.717, 1.165) is 0 Å². The van der Waals surface area contributed by atoms with Gasteiger partial charge in [0.15, 0.2) is 12.4 Å². The van der Waals surface area contributed by atoms with Crippen LogP contribution in [0.15, 0.2) is 47.1 Å². The number of benzene rings is 2. The summed E-state index contributed by atoms with van der Waals surface area (Å²) in [7, 11) is 1.28. The number of fused-ring (bicyclic) bond motifs is 1. The minimum absolute atomic E-state index is 0.164. The number of hydrogen-bond donors (Lipinski definition) is 4. The van der Waals surface area contributed by atoms with Gasteiger partial charge in [-0.1, -0.05) is 23.7 Å². The average Bonchev–Trinajstić information content (AvgIpc) is 3.19. The highest BCUT2D eigenvalue weighted by atomic mass is 79.9. The maximum Gasteiger partial charge on any atom is 0.339 e. The van der Waals surface area contributed by atoms with Crippen LogP contribution < -0.4 is 4.74 Å². The quantitative estimate of drug-likeness (QED) is 0.360. The number of carbonyl (C=O) groups excluding carboxylic acids is 1. The van der Waals surface area contributed by atoms with Crippen molar-refractivity contribution in [3.63, 3.8) is 0 Å². The molecule has 9 nitrogen and oxygen atoms in total. The topological polar surface area (TPSA) is 131 Å². The molecule has 1 saturated heterocycles. The third-order valence-corrected chi connectivity index (χ3v) is 6.78. The lowest BCUT2D eigenvalue weighted by molar-refractivity contribution is -0.280. The van der Waals surface area contributed by atoms with Gasteiger partial charge in [-0.25, -0.2) is 4.79 Å². The molecule has 176 valence electrons. The van der Waals surface area contributed by atoms with Gasteiger partial charge in [-0.3, -0.25) is 0 Å². The Labute approximate surface area is 201 Å². The minimum atomic E-state index is -1.63. The molecule has 0 bridgehead atoms. The van der Waals surface area contributed by atoms with Crippen LogP contribution in [-0.2, 0) is 9.47 Å². The number of aliphatic hydroxyl groups excluding tert-OH is 4. The molecule has 4 rings (SSSR count). The molecule has 0 saturated carbocycles. The second-order valence-electron chi connectivity index (χ2n) is 7.44. The van der Waals surface area contributed by atoms with Gasteiger partial charge in [0.05, 0.1) is 47.1 Å². The Bertz CT molecular complexity index is 1180. The fourth-order valence-electron chi connectivity index (χ4n) is 3.83. The van der Waals surface area contributed by atoms with E-state index in [-0.39, 0.29) is 5.75 Å². The third kappa shape index (κ3) is 4.24. The van der Waals surface area contributed by atoms with Crippen LogP contribution in [0, 0.1) is 0 Å². The monoisotopic (exact) mass is 541 g/mol. The van der Waals surface area contributed by atoms with Crippen molar-refractivity contribution in [1.82, 2.24) is 4.57 Å². The van der Waals surface area contributed by atoms with Crippen molar-refractivity contribution in [2.45, 2.75) is 30.7 Å². The molecule has 3 aromatic rings. The number of esters is 1. The van der Waals surface area contributed by atoms with E-state index in [1.54, 1.807) is 47.2 Å². The van der Waals surface area contributed by atoms with E-state index in [4.69, 9.17) is 25.8 Å². The highest BCUT2D eigenvalue weighted by molar-refractivity contribution is 9.10. The van der Waals surface area contributed by atoms with Crippen molar-refractivity contribution in [3.05, 3.63) is 57.7 Å². The van der Waals surface area contributed by atoms with Crippen molar-refractivity contribution in [1.29, 1.82) is 0 Å². The van der Waals surface area contributed by atoms with Crippen LogP contribution in [0.4, 0.5) is 0 Å². The number of para-hydroxylation sites is 1. The molecule has 0 unspecified atom stereocenters. The first-order valence-corrected chi connectivity index (χ1v) is 11.1. The highest BCUT2D eigenvalue weighted by Gasteiger charge is 2.45. The number of nitrogens with zero attached hydrogens (tertiary/aromatic N) is 1. The van der Waals surface area contributed by atoms with E-state index >= 15 is 0 Å². The summed E-state index contributed by atoms with van der Waals surface area (Å²) in [5.74, 6) is -0.375. The number of hydrogen-bond acceptors (Lipinski definition) is 8. The maximum atomic E-state index is 12.3. The molecule has 0 radical (unpaired) electrons. The van der Waals surface area contributed by atoms with Crippen molar-refractivity contribution in [3.8, 4) is 11.4 Å². The van der Waals surface area contributed by atoms with Crippen LogP contribution in [0.3, 0.4) is 0 Å². The Morgan fingerprint density at radius 3 is 2.61 bits per heavy atom. The molecular formula is C22H21BrClNO8. The Hall–Kier alpha value is -2.18. The molecule has 4 N–H and O–H groups in total. The van der Waals surface area contributed by atoms with Crippen molar-refractivity contribution in [2.24, 2.45) is 0 Å². The van der Waals surface area contributed by atoms with Crippen LogP contribution in [0.25, 0.3) is 16.6 Å². The van der Waals surface area contributed by atoms with Gasteiger partial charge in [-0.2, -0.15) is 0 Å². The summed E-state index contributed by atoms with van der Waals surface area (Å²) in [6.45, 7) is -0.593. The lowest BCUT2D eigenvalue weighted by atomic mass is 9.99. The van der Waals surface area contributed by atoms with Crippen molar-refractivity contribution < 1.29 is 39.4 Å². The van der Waals surface area contributed by atoms with Crippen LogP contribution >= 0.6 is 27.5 Å². The van der Waals surface area contributed by atoms with Gasteiger partial charge in [0.1, 0.15) is 24.1 Å². The van der Waals surface area contributed by atoms with Crippen LogP contribution in [-0.4, -0.2) is 75.4 Å². The Morgan fingerprint density at radius 2 is 1.91 bits per heavy atom. The van der Waals surface area contributed by atoms with Crippen molar-refractivity contribution >= 4 is 44.4 Å². The van der Waals surface area contributed by atoms with E-state index in [9.17, 15) is 25.2 Å². The molecule has 0 spiro atoms. The molecule has 2 aromatic carbocycles. The molecule has 1 fully saturated rings. The molecule has 1 aliphatic rings. The standard InChI is InChI=1S/C22H21BrClNO8/c1-31-21(29)10-4-2-3-5-12(10)25-8-14(16-13(25)7-6-11(23)17(16)24)32-20-19(28)18(27)15(9-26)33-22(20)30/h2-8,15,18-20,22,26-28,30H,9H2,1H3/t15-,18+,19+,20-,22-/m1/s1. The third-order valence-electron chi connectivity index (χ3n) is 5.50. The summed E-state index contributed by atoms with van der Waals surface area (Å²) in [6.07, 6.45) is -5.67. The van der Waals surface area contributed by atoms with Gasteiger partial charge in [-0.15, -0.1) is 0 Å². The van der Waals surface area contributed by atoms with E-state index in [1.165, 1.54) is 7.11 Å². The Morgan fingerprint density at radius 1 is 1.18 bits per heavy atom. The van der Waals surface area contributed by atoms with Crippen LogP contribution in [0.2, 0.25) is 5.02 Å². The van der Waals surface area contributed by atoms with Gasteiger partial charge in [0, 0.05) is 4.47 Å². The molecular weight excluding hydrogens is 522 g/mol. The highest BCUT2D eigenvalue weighted by Crippen LogP contribution is 2.41. The van der Waals surface area contributed by atoms with Gasteiger partial charge in [0.25, 0.3) is 0 Å². The summed E-state index contributed by atoms with van der Waals surface area (Å²) in [6, 6.07) is 10.3. The molecule has 2 heterocycles. The summed E-state index contributed by atoms with van der Waals surface area (Å²) in [4.78, 5) is 12.3. The number of methoxy groups -OCH3 is 1. The zero-order valence-electron chi connectivity index (χ0n) is 17.3. The fraction of sp³-hybridized carbons (Fsp3) is 0.318. The number of ether oxygens (including phenoxy) is 3. The molecule has 0 aliphatic carbocycles. The Balaban J connectivity index is 1.85. The normalized spacial score (nSPS) is 25.2. The number of carbonyl (C=O) groups is 1. The van der Waals surface area contributed by atoms with Crippen molar-refractivity contribution in [2.75, 3.05) is 13.7 Å². The lowest BCUT2D eigenvalue weighted by Gasteiger charge is -2.39. The number of halogens is 2. The number of rotatable bonds is 5. The predicted molar refractivity (Wildman–Crippen MR) is 122 cm³/mol. The average molecular weight is 543 g/mol. The molecule has 1 aliphatic heterocycles. The largest absolute Gasteiger partial charge is 0.480 e. The molecule has 11 heteroatoms. The van der Waals surface area contributed by atoms with E-state index in [0.29, 0.717) is 31.6 Å². The Kier molecular flexibility index (Phi) is 6.96. The molecule has 33 heavy (non-hydrogen) atoms.